The molecular formula is C14H17ClN2S2. The molecule has 2 nitrogen and oxygen atoms in total. The van der Waals surface area contributed by atoms with E-state index in [1.165, 1.54) is 25.7 Å². The normalized spacial score (nSPS) is 23.7. The first-order valence-electron chi connectivity index (χ1n) is 6.60. The van der Waals surface area contributed by atoms with Crippen molar-refractivity contribution in [2.45, 2.75) is 37.0 Å². The van der Waals surface area contributed by atoms with Gasteiger partial charge in [0.15, 0.2) is 5.13 Å². The molecule has 1 heterocycles. The van der Waals surface area contributed by atoms with Gasteiger partial charge in [-0.05, 0) is 37.7 Å². The molecule has 0 saturated heterocycles. The third-order valence-electron chi connectivity index (χ3n) is 3.65. The highest BCUT2D eigenvalue weighted by Gasteiger charge is 2.22. The van der Waals surface area contributed by atoms with Gasteiger partial charge in [0.25, 0.3) is 0 Å². The summed E-state index contributed by atoms with van der Waals surface area (Å²) in [6, 6.07) is 6.47. The molecule has 1 fully saturated rings. The summed E-state index contributed by atoms with van der Waals surface area (Å²) in [5, 5.41) is 6.20. The molecule has 0 spiro atoms. The molecule has 1 aromatic heterocycles. The lowest BCUT2D eigenvalue weighted by Gasteiger charge is -2.28. The maximum Gasteiger partial charge on any atom is 0.184 e. The maximum absolute atomic E-state index is 6.20. The average molecular weight is 313 g/mol. The molecule has 5 heteroatoms. The van der Waals surface area contributed by atoms with Crippen LogP contribution in [0.15, 0.2) is 18.2 Å². The highest BCUT2D eigenvalue weighted by Crippen LogP contribution is 2.34. The Hall–Kier alpha value is -0.450. The number of rotatable bonds is 3. The van der Waals surface area contributed by atoms with E-state index >= 15 is 0 Å². The van der Waals surface area contributed by atoms with Gasteiger partial charge in [0.05, 0.1) is 15.2 Å². The molecule has 0 amide bonds. The van der Waals surface area contributed by atoms with E-state index in [-0.39, 0.29) is 0 Å². The lowest BCUT2D eigenvalue weighted by atomic mass is 9.95. The first kappa shape index (κ1) is 13.5. The van der Waals surface area contributed by atoms with Gasteiger partial charge >= 0.3 is 0 Å². The number of nitrogens with zero attached hydrogens (tertiary/aromatic N) is 1. The van der Waals surface area contributed by atoms with Crippen molar-refractivity contribution in [1.29, 1.82) is 0 Å². The van der Waals surface area contributed by atoms with E-state index in [0.717, 1.165) is 25.6 Å². The van der Waals surface area contributed by atoms with Crippen LogP contribution < -0.4 is 5.32 Å². The van der Waals surface area contributed by atoms with Gasteiger partial charge < -0.3 is 5.32 Å². The van der Waals surface area contributed by atoms with Gasteiger partial charge in [-0.25, -0.2) is 4.98 Å². The Morgan fingerprint density at radius 2 is 2.32 bits per heavy atom. The largest absolute Gasteiger partial charge is 0.359 e. The number of fused-ring (bicyclic) bond motifs is 1. The van der Waals surface area contributed by atoms with E-state index in [4.69, 9.17) is 11.6 Å². The highest BCUT2D eigenvalue weighted by atomic mass is 35.5. The number of thiazole rings is 1. The second-order valence-electron chi connectivity index (χ2n) is 4.97. The van der Waals surface area contributed by atoms with Gasteiger partial charge in [0, 0.05) is 11.3 Å². The Morgan fingerprint density at radius 3 is 3.11 bits per heavy atom. The van der Waals surface area contributed by atoms with Crippen molar-refractivity contribution in [1.82, 2.24) is 4.98 Å². The van der Waals surface area contributed by atoms with Crippen LogP contribution in [0.2, 0.25) is 5.02 Å². The van der Waals surface area contributed by atoms with E-state index in [1.54, 1.807) is 11.3 Å². The number of aromatic nitrogens is 1. The maximum atomic E-state index is 6.20. The van der Waals surface area contributed by atoms with Gasteiger partial charge in [-0.2, -0.15) is 11.8 Å². The molecule has 2 unspecified atom stereocenters. The topological polar surface area (TPSA) is 24.9 Å². The fourth-order valence-corrected chi connectivity index (χ4v) is 4.70. The molecular weight excluding hydrogens is 296 g/mol. The van der Waals surface area contributed by atoms with Crippen molar-refractivity contribution in [2.24, 2.45) is 0 Å². The van der Waals surface area contributed by atoms with Gasteiger partial charge in [0.2, 0.25) is 0 Å². The summed E-state index contributed by atoms with van der Waals surface area (Å²) < 4.78 is 1.09. The van der Waals surface area contributed by atoms with Crippen LogP contribution in [0, 0.1) is 0 Å². The van der Waals surface area contributed by atoms with E-state index < -0.39 is 0 Å². The van der Waals surface area contributed by atoms with Crippen LogP contribution in [0.3, 0.4) is 0 Å². The molecule has 102 valence electrons. The molecule has 1 aliphatic rings. The van der Waals surface area contributed by atoms with Crippen molar-refractivity contribution in [2.75, 3.05) is 11.6 Å². The average Bonchev–Trinajstić information content (AvgIpc) is 2.83. The predicted molar refractivity (Wildman–Crippen MR) is 87.8 cm³/mol. The molecule has 1 saturated carbocycles. The summed E-state index contributed by atoms with van der Waals surface area (Å²) >= 11 is 9.85. The minimum absolute atomic E-state index is 0.561. The lowest BCUT2D eigenvalue weighted by molar-refractivity contribution is 0.473. The molecule has 0 radical (unpaired) electrons. The summed E-state index contributed by atoms with van der Waals surface area (Å²) in [5.41, 5.74) is 0.997. The summed E-state index contributed by atoms with van der Waals surface area (Å²) in [6.45, 7) is 0. The van der Waals surface area contributed by atoms with E-state index in [0.29, 0.717) is 6.04 Å². The zero-order chi connectivity index (χ0) is 13.2. The van der Waals surface area contributed by atoms with Crippen molar-refractivity contribution in [3.05, 3.63) is 23.2 Å². The number of halogens is 1. The molecule has 2 atom stereocenters. The minimum atomic E-state index is 0.561. The molecule has 1 aromatic carbocycles. The fraction of sp³-hybridized carbons (Fsp3) is 0.500. The molecule has 0 aliphatic heterocycles. The van der Waals surface area contributed by atoms with Crippen LogP contribution >= 0.6 is 34.7 Å². The summed E-state index contributed by atoms with van der Waals surface area (Å²) in [7, 11) is 0. The Labute approximate surface area is 126 Å². The standard InChI is InChI=1S/C14H17ClN2S2/c1-18-10-5-2-4-9(8-10)16-14-17-12-7-3-6-11(15)13(12)19-14/h3,6-7,9-10H,2,4-5,8H2,1H3,(H,16,17). The van der Waals surface area contributed by atoms with Gasteiger partial charge in [0.1, 0.15) is 0 Å². The summed E-state index contributed by atoms with van der Waals surface area (Å²) in [6.07, 6.45) is 7.37. The lowest BCUT2D eigenvalue weighted by Crippen LogP contribution is -2.28. The monoisotopic (exact) mass is 312 g/mol. The fourth-order valence-electron chi connectivity index (χ4n) is 2.64. The van der Waals surface area contributed by atoms with Crippen LogP contribution in [0.5, 0.6) is 0 Å². The molecule has 3 rings (SSSR count). The summed E-state index contributed by atoms with van der Waals surface area (Å²) in [5.74, 6) is 0. The van der Waals surface area contributed by atoms with Crippen LogP contribution in [-0.2, 0) is 0 Å². The van der Waals surface area contributed by atoms with E-state index in [9.17, 15) is 0 Å². The smallest absolute Gasteiger partial charge is 0.184 e. The molecule has 1 aliphatic carbocycles. The highest BCUT2D eigenvalue weighted by molar-refractivity contribution is 7.99. The Kier molecular flexibility index (Phi) is 4.20. The Morgan fingerprint density at radius 1 is 1.42 bits per heavy atom. The number of anilines is 1. The van der Waals surface area contributed by atoms with Crippen molar-refractivity contribution < 1.29 is 0 Å². The van der Waals surface area contributed by atoms with Crippen LogP contribution in [0.4, 0.5) is 5.13 Å². The number of hydrogen-bond acceptors (Lipinski definition) is 4. The number of hydrogen-bond donors (Lipinski definition) is 1. The van der Waals surface area contributed by atoms with Gasteiger partial charge in [-0.1, -0.05) is 35.4 Å². The second kappa shape index (κ2) is 5.90. The van der Waals surface area contributed by atoms with Crippen LogP contribution in [-0.4, -0.2) is 22.5 Å². The molecule has 1 N–H and O–H groups in total. The first-order chi connectivity index (χ1) is 9.26. The second-order valence-corrected chi connectivity index (χ2v) is 7.52. The number of nitrogens with one attached hydrogen (secondary N) is 1. The zero-order valence-corrected chi connectivity index (χ0v) is 13.2. The number of thioether (sulfide) groups is 1. The zero-order valence-electron chi connectivity index (χ0n) is 10.9. The van der Waals surface area contributed by atoms with Gasteiger partial charge in [-0.15, -0.1) is 0 Å². The van der Waals surface area contributed by atoms with E-state index in [1.807, 2.05) is 30.0 Å². The minimum Gasteiger partial charge on any atom is -0.359 e. The van der Waals surface area contributed by atoms with Gasteiger partial charge in [-0.3, -0.25) is 0 Å². The van der Waals surface area contributed by atoms with Crippen molar-refractivity contribution in [3.8, 4) is 0 Å². The molecule has 19 heavy (non-hydrogen) atoms. The third-order valence-corrected chi connectivity index (χ3v) is 6.21. The molecule has 0 bridgehead atoms. The van der Waals surface area contributed by atoms with Crippen molar-refractivity contribution >= 4 is 50.0 Å². The quantitative estimate of drug-likeness (QED) is 0.860. The Bertz CT molecular complexity index is 570. The first-order valence-corrected chi connectivity index (χ1v) is 9.09. The number of benzene rings is 1. The van der Waals surface area contributed by atoms with Crippen LogP contribution in [0.1, 0.15) is 25.7 Å². The van der Waals surface area contributed by atoms with E-state index in [2.05, 4.69) is 16.6 Å². The van der Waals surface area contributed by atoms with Crippen LogP contribution in [0.25, 0.3) is 10.2 Å². The SMILES string of the molecule is CSC1CCCC(Nc2nc3cccc(Cl)c3s2)C1. The summed E-state index contributed by atoms with van der Waals surface area (Å²) in [4.78, 5) is 4.63. The Balaban J connectivity index is 1.76. The van der Waals surface area contributed by atoms with Crippen molar-refractivity contribution in [3.63, 3.8) is 0 Å². The third kappa shape index (κ3) is 3.01. The molecule has 2 aromatic rings. The predicted octanol–water partition coefficient (Wildman–Crippen LogP) is 5.04.